The van der Waals surface area contributed by atoms with E-state index in [1.54, 1.807) is 7.11 Å². The summed E-state index contributed by atoms with van der Waals surface area (Å²) in [6, 6.07) is 9.19. The van der Waals surface area contributed by atoms with Crippen LogP contribution in [0.15, 0.2) is 30.3 Å². The summed E-state index contributed by atoms with van der Waals surface area (Å²) in [5.74, 6) is 1.75. The van der Waals surface area contributed by atoms with Crippen molar-refractivity contribution in [2.75, 3.05) is 7.11 Å². The molecule has 3 nitrogen and oxygen atoms in total. The highest BCUT2D eigenvalue weighted by atomic mass is 16.5. The van der Waals surface area contributed by atoms with Gasteiger partial charge < -0.3 is 9.47 Å². The second kappa shape index (κ2) is 5.48. The molecule has 0 aromatic heterocycles. The highest BCUT2D eigenvalue weighted by Crippen LogP contribution is 2.37. The largest absolute Gasteiger partial charge is 0.497 e. The molecule has 0 bridgehead atoms. The molecule has 2 aromatic rings. The van der Waals surface area contributed by atoms with Crippen LogP contribution in [0.5, 0.6) is 11.5 Å². The summed E-state index contributed by atoms with van der Waals surface area (Å²) >= 11 is 0. The Balaban J connectivity index is 2.03. The lowest BCUT2D eigenvalue weighted by atomic mass is 9.91. The number of carbonyl (C=O) groups is 1. The molecule has 2 aromatic carbocycles. The number of benzene rings is 2. The average molecular weight is 296 g/mol. The Morgan fingerprint density at radius 1 is 1.23 bits per heavy atom. The molecule has 3 rings (SSSR count). The Kier molecular flexibility index (Phi) is 3.65. The van der Waals surface area contributed by atoms with Gasteiger partial charge in [0.05, 0.1) is 7.11 Å². The Labute approximate surface area is 130 Å². The quantitative estimate of drug-likeness (QED) is 0.807. The van der Waals surface area contributed by atoms with Crippen LogP contribution in [0.25, 0.3) is 0 Å². The summed E-state index contributed by atoms with van der Waals surface area (Å²) in [4.78, 5) is 12.8. The predicted molar refractivity (Wildman–Crippen MR) is 86.1 cm³/mol. The first-order valence-electron chi connectivity index (χ1n) is 7.49. The van der Waals surface area contributed by atoms with Crippen LogP contribution in [0.2, 0.25) is 0 Å². The summed E-state index contributed by atoms with van der Waals surface area (Å²) in [6.45, 7) is 6.07. The summed E-state index contributed by atoms with van der Waals surface area (Å²) < 4.78 is 11.0. The third-order valence-corrected chi connectivity index (χ3v) is 4.26. The lowest BCUT2D eigenvalue weighted by Crippen LogP contribution is -2.06. The predicted octanol–water partition coefficient (Wildman–Crippen LogP) is 3.87. The Morgan fingerprint density at radius 2 is 1.91 bits per heavy atom. The molecule has 0 amide bonds. The van der Waals surface area contributed by atoms with Crippen molar-refractivity contribution in [2.45, 2.75) is 33.3 Å². The maximum atomic E-state index is 12.8. The minimum Gasteiger partial charge on any atom is -0.497 e. The minimum atomic E-state index is 0.0469. The monoisotopic (exact) mass is 296 g/mol. The molecule has 0 aliphatic carbocycles. The van der Waals surface area contributed by atoms with Crippen molar-refractivity contribution < 1.29 is 14.3 Å². The van der Waals surface area contributed by atoms with Crippen molar-refractivity contribution in [3.8, 4) is 11.5 Å². The number of hydrogen-bond donors (Lipinski definition) is 0. The first-order valence-corrected chi connectivity index (χ1v) is 7.49. The zero-order chi connectivity index (χ0) is 15.9. The molecule has 0 saturated carbocycles. The topological polar surface area (TPSA) is 35.5 Å². The van der Waals surface area contributed by atoms with Crippen LogP contribution >= 0.6 is 0 Å². The number of fused-ring (bicyclic) bond motifs is 1. The molecule has 1 aliphatic rings. The van der Waals surface area contributed by atoms with E-state index in [0.29, 0.717) is 5.56 Å². The zero-order valence-electron chi connectivity index (χ0n) is 13.4. The highest BCUT2D eigenvalue weighted by Gasteiger charge is 2.26. The number of rotatable bonds is 3. The first kappa shape index (κ1) is 14.6. The van der Waals surface area contributed by atoms with Gasteiger partial charge in [-0.2, -0.15) is 0 Å². The Bertz CT molecular complexity index is 729. The molecule has 1 unspecified atom stereocenters. The van der Waals surface area contributed by atoms with Crippen molar-refractivity contribution in [1.82, 2.24) is 0 Å². The fourth-order valence-corrected chi connectivity index (χ4v) is 3.04. The minimum absolute atomic E-state index is 0.0469. The number of carbonyl (C=O) groups excluding carboxylic acids is 1. The van der Waals surface area contributed by atoms with E-state index in [9.17, 15) is 4.79 Å². The number of aryl methyl sites for hydroxylation is 1. The van der Waals surface area contributed by atoms with Gasteiger partial charge in [0.1, 0.15) is 17.6 Å². The second-order valence-corrected chi connectivity index (χ2v) is 5.86. The summed E-state index contributed by atoms with van der Waals surface area (Å²) in [5.41, 5.74) is 4.67. The van der Waals surface area contributed by atoms with Gasteiger partial charge in [0.2, 0.25) is 0 Å². The number of ketones is 1. The van der Waals surface area contributed by atoms with Crippen LogP contribution in [-0.4, -0.2) is 19.0 Å². The number of methoxy groups -OCH3 is 1. The fraction of sp³-hybridized carbons (Fsp3) is 0.316. The van der Waals surface area contributed by atoms with Crippen molar-refractivity contribution in [3.63, 3.8) is 0 Å². The summed E-state index contributed by atoms with van der Waals surface area (Å²) in [6.07, 6.45) is 1.05. The van der Waals surface area contributed by atoms with Crippen molar-refractivity contribution in [3.05, 3.63) is 58.1 Å². The van der Waals surface area contributed by atoms with Gasteiger partial charge in [0, 0.05) is 23.1 Å². The van der Waals surface area contributed by atoms with E-state index >= 15 is 0 Å². The van der Waals surface area contributed by atoms with Gasteiger partial charge in [-0.1, -0.05) is 0 Å². The van der Waals surface area contributed by atoms with E-state index in [-0.39, 0.29) is 11.9 Å². The molecule has 0 fully saturated rings. The highest BCUT2D eigenvalue weighted by molar-refractivity contribution is 6.10. The second-order valence-electron chi connectivity index (χ2n) is 5.86. The summed E-state index contributed by atoms with van der Waals surface area (Å²) in [5, 5.41) is 0. The van der Waals surface area contributed by atoms with E-state index < -0.39 is 0 Å². The maximum Gasteiger partial charge on any atom is 0.193 e. The Morgan fingerprint density at radius 3 is 2.55 bits per heavy atom. The van der Waals surface area contributed by atoms with E-state index in [1.165, 1.54) is 5.56 Å². The van der Waals surface area contributed by atoms with Crippen molar-refractivity contribution in [1.29, 1.82) is 0 Å². The van der Waals surface area contributed by atoms with Crippen LogP contribution in [0, 0.1) is 13.8 Å². The number of ether oxygens (including phenoxy) is 2. The molecule has 0 spiro atoms. The van der Waals surface area contributed by atoms with Crippen LogP contribution in [0.3, 0.4) is 0 Å². The molecule has 114 valence electrons. The van der Waals surface area contributed by atoms with E-state index in [0.717, 1.165) is 34.6 Å². The maximum absolute atomic E-state index is 12.8. The van der Waals surface area contributed by atoms with Gasteiger partial charge in [-0.25, -0.2) is 0 Å². The van der Waals surface area contributed by atoms with Gasteiger partial charge in [-0.05, 0) is 62.2 Å². The van der Waals surface area contributed by atoms with E-state index in [2.05, 4.69) is 6.92 Å². The van der Waals surface area contributed by atoms with Gasteiger partial charge in [-0.15, -0.1) is 0 Å². The molecule has 0 N–H and O–H groups in total. The smallest absolute Gasteiger partial charge is 0.193 e. The third-order valence-electron chi connectivity index (χ3n) is 4.26. The molecular weight excluding hydrogens is 276 g/mol. The first-order chi connectivity index (χ1) is 10.5. The summed E-state index contributed by atoms with van der Waals surface area (Å²) in [7, 11) is 1.62. The van der Waals surface area contributed by atoms with Crippen LogP contribution in [-0.2, 0) is 6.42 Å². The lowest BCUT2D eigenvalue weighted by Gasteiger charge is -2.12. The average Bonchev–Trinajstić information content (AvgIpc) is 2.93. The van der Waals surface area contributed by atoms with Crippen LogP contribution in [0.1, 0.15) is 39.5 Å². The van der Waals surface area contributed by atoms with Gasteiger partial charge in [0.15, 0.2) is 5.78 Å². The molecule has 3 heteroatoms. The van der Waals surface area contributed by atoms with Crippen molar-refractivity contribution in [2.24, 2.45) is 0 Å². The fourth-order valence-electron chi connectivity index (χ4n) is 3.04. The molecule has 22 heavy (non-hydrogen) atoms. The molecule has 1 atom stereocenters. The van der Waals surface area contributed by atoms with Crippen LogP contribution in [0.4, 0.5) is 0 Å². The standard InChI is InChI=1S/C19H20O3/c1-11-9-16(13(3)17-10-12(2)22-19(11)17)18(20)14-5-7-15(21-4)8-6-14/h5-9,12H,10H2,1-4H3. The third kappa shape index (κ3) is 2.37. The van der Waals surface area contributed by atoms with Crippen LogP contribution < -0.4 is 9.47 Å². The SMILES string of the molecule is COc1ccc(C(=O)c2cc(C)c3c(c2C)CC(C)O3)cc1. The van der Waals surface area contributed by atoms with E-state index in [1.807, 2.05) is 44.2 Å². The zero-order valence-corrected chi connectivity index (χ0v) is 13.4. The van der Waals surface area contributed by atoms with Gasteiger partial charge in [-0.3, -0.25) is 4.79 Å². The van der Waals surface area contributed by atoms with Gasteiger partial charge in [0.25, 0.3) is 0 Å². The normalized spacial score (nSPS) is 16.1. The van der Waals surface area contributed by atoms with Gasteiger partial charge >= 0.3 is 0 Å². The molecular formula is C19H20O3. The molecule has 1 heterocycles. The lowest BCUT2D eigenvalue weighted by molar-refractivity contribution is 0.103. The van der Waals surface area contributed by atoms with Crippen molar-refractivity contribution >= 4 is 5.78 Å². The molecule has 0 radical (unpaired) electrons. The molecule has 1 aliphatic heterocycles. The number of hydrogen-bond acceptors (Lipinski definition) is 3. The molecule has 0 saturated heterocycles. The Hall–Kier alpha value is -2.29. The van der Waals surface area contributed by atoms with E-state index in [4.69, 9.17) is 9.47 Å².